The molecule has 2 rings (SSSR count). The van der Waals surface area contributed by atoms with Crippen LogP contribution in [0.3, 0.4) is 0 Å². The average molecular weight is 288 g/mol. The third kappa shape index (κ3) is 2.19. The summed E-state index contributed by atoms with van der Waals surface area (Å²) in [7, 11) is 0. The Kier molecular flexibility index (Phi) is 3.66. The van der Waals surface area contributed by atoms with Crippen molar-refractivity contribution >= 4 is 12.4 Å². The van der Waals surface area contributed by atoms with E-state index >= 15 is 0 Å². The van der Waals surface area contributed by atoms with Crippen molar-refractivity contribution in [1.29, 1.82) is 0 Å². The van der Waals surface area contributed by atoms with Gasteiger partial charge in [0.05, 0.1) is 11.0 Å². The lowest BCUT2D eigenvalue weighted by molar-refractivity contribution is -0.137. The van der Waals surface area contributed by atoms with Crippen molar-refractivity contribution in [2.45, 2.75) is 23.9 Å². The molecule has 0 saturated heterocycles. The van der Waals surface area contributed by atoms with Crippen molar-refractivity contribution in [3.05, 3.63) is 35.4 Å². The minimum absolute atomic E-state index is 0. The summed E-state index contributed by atoms with van der Waals surface area (Å²) >= 11 is 0. The highest BCUT2D eigenvalue weighted by molar-refractivity contribution is 5.85. The summed E-state index contributed by atoms with van der Waals surface area (Å²) in [5.41, 5.74) is 3.14. The summed E-state index contributed by atoms with van der Waals surface area (Å²) in [5, 5.41) is 0. The Labute approximate surface area is 107 Å². The van der Waals surface area contributed by atoms with Gasteiger partial charge in [0, 0.05) is 13.0 Å². The zero-order chi connectivity index (χ0) is 12.9. The molecular weight excluding hydrogens is 277 g/mol. The van der Waals surface area contributed by atoms with E-state index in [1.54, 1.807) is 0 Å². The van der Waals surface area contributed by atoms with Crippen LogP contribution >= 0.6 is 12.4 Å². The van der Waals surface area contributed by atoms with Gasteiger partial charge in [0.1, 0.15) is 0 Å². The molecule has 0 heterocycles. The van der Waals surface area contributed by atoms with E-state index in [1.807, 2.05) is 0 Å². The third-order valence-electron chi connectivity index (χ3n) is 3.21. The fourth-order valence-electron chi connectivity index (χ4n) is 1.97. The molecule has 1 unspecified atom stereocenters. The third-order valence-corrected chi connectivity index (χ3v) is 3.21. The highest BCUT2D eigenvalue weighted by Gasteiger charge is 2.71. The molecule has 1 fully saturated rings. The average Bonchev–Trinajstić information content (AvgIpc) is 2.81. The van der Waals surface area contributed by atoms with Gasteiger partial charge in [-0.25, -0.2) is 8.78 Å². The molecule has 0 aromatic heterocycles. The molecule has 1 saturated carbocycles. The second kappa shape index (κ2) is 4.35. The Morgan fingerprint density at radius 3 is 1.83 bits per heavy atom. The molecule has 102 valence electrons. The van der Waals surface area contributed by atoms with Gasteiger partial charge in [0.15, 0.2) is 0 Å². The standard InChI is InChI=1S/C11H10F5N.ClH/c12-10(13)5-9(10,6-17)7-1-3-8(4-2-7)11(14,15)16;/h1-4H,5-6,17H2;1H. The van der Waals surface area contributed by atoms with Crippen molar-refractivity contribution in [3.8, 4) is 0 Å². The van der Waals surface area contributed by atoms with Gasteiger partial charge in [-0.1, -0.05) is 12.1 Å². The maximum atomic E-state index is 13.2. The molecule has 1 aliphatic carbocycles. The maximum Gasteiger partial charge on any atom is 0.416 e. The molecule has 0 aliphatic heterocycles. The van der Waals surface area contributed by atoms with Crippen LogP contribution in [0.5, 0.6) is 0 Å². The Bertz CT molecular complexity index is 428. The van der Waals surface area contributed by atoms with E-state index in [-0.39, 0.29) is 24.5 Å². The van der Waals surface area contributed by atoms with Crippen LogP contribution in [0.25, 0.3) is 0 Å². The lowest BCUT2D eigenvalue weighted by atomic mass is 9.94. The molecule has 0 radical (unpaired) electrons. The lowest BCUT2D eigenvalue weighted by Crippen LogP contribution is -2.26. The number of rotatable bonds is 2. The second-order valence-electron chi connectivity index (χ2n) is 4.24. The highest BCUT2D eigenvalue weighted by atomic mass is 35.5. The number of hydrogen-bond acceptors (Lipinski definition) is 1. The molecule has 7 heteroatoms. The van der Waals surface area contributed by atoms with Crippen molar-refractivity contribution in [2.75, 3.05) is 6.54 Å². The SMILES string of the molecule is Cl.NCC1(c2ccc(C(F)(F)F)cc2)CC1(F)F. The van der Waals surface area contributed by atoms with E-state index in [1.165, 1.54) is 0 Å². The fourth-order valence-corrected chi connectivity index (χ4v) is 1.97. The van der Waals surface area contributed by atoms with Crippen molar-refractivity contribution in [1.82, 2.24) is 0 Å². The largest absolute Gasteiger partial charge is 0.416 e. The van der Waals surface area contributed by atoms with Gasteiger partial charge < -0.3 is 5.73 Å². The first kappa shape index (κ1) is 15.2. The molecule has 0 bridgehead atoms. The molecule has 2 N–H and O–H groups in total. The van der Waals surface area contributed by atoms with Crippen LogP contribution in [0.2, 0.25) is 0 Å². The van der Waals surface area contributed by atoms with Gasteiger partial charge in [0.2, 0.25) is 0 Å². The number of alkyl halides is 5. The monoisotopic (exact) mass is 287 g/mol. The van der Waals surface area contributed by atoms with Gasteiger partial charge in [-0.15, -0.1) is 12.4 Å². The first-order chi connectivity index (χ1) is 7.73. The predicted octanol–water partition coefficient (Wildman–Crippen LogP) is 3.36. The van der Waals surface area contributed by atoms with Gasteiger partial charge >= 0.3 is 6.18 Å². The summed E-state index contributed by atoms with van der Waals surface area (Å²) < 4.78 is 63.2. The van der Waals surface area contributed by atoms with Crippen LogP contribution in [0.15, 0.2) is 24.3 Å². The second-order valence-corrected chi connectivity index (χ2v) is 4.24. The molecule has 1 aliphatic rings. The maximum absolute atomic E-state index is 13.2. The molecule has 1 aromatic carbocycles. The van der Waals surface area contributed by atoms with Gasteiger partial charge in [-0.2, -0.15) is 13.2 Å². The van der Waals surface area contributed by atoms with Crippen molar-refractivity contribution in [3.63, 3.8) is 0 Å². The molecule has 1 aromatic rings. The van der Waals surface area contributed by atoms with Crippen LogP contribution in [0, 0.1) is 0 Å². The minimum atomic E-state index is -4.46. The highest BCUT2D eigenvalue weighted by Crippen LogP contribution is 2.60. The quantitative estimate of drug-likeness (QED) is 0.829. The van der Waals surface area contributed by atoms with E-state index in [2.05, 4.69) is 0 Å². The molecule has 18 heavy (non-hydrogen) atoms. The Balaban J connectivity index is 0.00000162. The van der Waals surface area contributed by atoms with Gasteiger partial charge in [0.25, 0.3) is 5.92 Å². The predicted molar refractivity (Wildman–Crippen MR) is 59.0 cm³/mol. The normalized spacial score (nSPS) is 25.4. The zero-order valence-electron chi connectivity index (χ0n) is 9.10. The van der Waals surface area contributed by atoms with Crippen LogP contribution < -0.4 is 5.73 Å². The summed E-state index contributed by atoms with van der Waals surface area (Å²) in [6.07, 6.45) is -4.86. The topological polar surface area (TPSA) is 26.0 Å². The van der Waals surface area contributed by atoms with Crippen molar-refractivity contribution in [2.24, 2.45) is 5.73 Å². The summed E-state index contributed by atoms with van der Waals surface area (Å²) in [5.74, 6) is -2.92. The summed E-state index contributed by atoms with van der Waals surface area (Å²) in [6.45, 7) is -0.272. The first-order valence-corrected chi connectivity index (χ1v) is 4.99. The number of nitrogens with two attached hydrogens (primary N) is 1. The van der Waals surface area contributed by atoms with Crippen LogP contribution in [0.4, 0.5) is 22.0 Å². The first-order valence-electron chi connectivity index (χ1n) is 4.99. The number of halogens is 6. The van der Waals surface area contributed by atoms with Crippen LogP contribution in [0.1, 0.15) is 17.5 Å². The molecule has 1 atom stereocenters. The molecule has 0 spiro atoms. The summed E-state index contributed by atoms with van der Waals surface area (Å²) in [6, 6.07) is 3.77. The van der Waals surface area contributed by atoms with E-state index in [9.17, 15) is 22.0 Å². The Morgan fingerprint density at radius 1 is 1.11 bits per heavy atom. The van der Waals surface area contributed by atoms with Crippen molar-refractivity contribution < 1.29 is 22.0 Å². The molecule has 0 amide bonds. The van der Waals surface area contributed by atoms with Gasteiger partial charge in [-0.05, 0) is 17.7 Å². The molecule has 1 nitrogen and oxygen atoms in total. The lowest BCUT2D eigenvalue weighted by Gasteiger charge is -2.15. The van der Waals surface area contributed by atoms with Gasteiger partial charge in [-0.3, -0.25) is 0 Å². The van der Waals surface area contributed by atoms with Crippen LogP contribution in [-0.2, 0) is 11.6 Å². The Morgan fingerprint density at radius 2 is 1.56 bits per heavy atom. The van der Waals surface area contributed by atoms with E-state index < -0.39 is 29.5 Å². The Hall–Kier alpha value is -0.880. The van der Waals surface area contributed by atoms with E-state index in [0.29, 0.717) is 0 Å². The van der Waals surface area contributed by atoms with Crippen LogP contribution in [-0.4, -0.2) is 12.5 Å². The fraction of sp³-hybridized carbons (Fsp3) is 0.455. The zero-order valence-corrected chi connectivity index (χ0v) is 9.92. The summed E-state index contributed by atoms with van der Waals surface area (Å²) in [4.78, 5) is 0. The number of hydrogen-bond donors (Lipinski definition) is 1. The smallest absolute Gasteiger partial charge is 0.329 e. The molecular formula is C11H11ClF5N. The van der Waals surface area contributed by atoms with E-state index in [4.69, 9.17) is 5.73 Å². The minimum Gasteiger partial charge on any atom is -0.329 e. The number of benzene rings is 1. The van der Waals surface area contributed by atoms with E-state index in [0.717, 1.165) is 24.3 Å².